The van der Waals surface area contributed by atoms with E-state index in [1.807, 2.05) is 24.3 Å². The molecule has 0 bridgehead atoms. The summed E-state index contributed by atoms with van der Waals surface area (Å²) >= 11 is 0. The van der Waals surface area contributed by atoms with Gasteiger partial charge in [-0.2, -0.15) is 0 Å². The molecule has 2 aromatic rings. The normalized spacial score (nSPS) is 15.2. The average molecular weight is 363 g/mol. The molecule has 0 spiro atoms. The van der Waals surface area contributed by atoms with E-state index in [2.05, 4.69) is 18.3 Å². The van der Waals surface area contributed by atoms with Crippen LogP contribution < -0.4 is 15.1 Å². The maximum atomic E-state index is 12.7. The van der Waals surface area contributed by atoms with Crippen molar-refractivity contribution < 1.29 is 14.4 Å². The monoisotopic (exact) mass is 363 g/mol. The lowest BCUT2D eigenvalue weighted by molar-refractivity contribution is -0.124. The predicted molar refractivity (Wildman–Crippen MR) is 104 cm³/mol. The lowest BCUT2D eigenvalue weighted by Crippen LogP contribution is -2.42. The lowest BCUT2D eigenvalue weighted by atomic mass is 10.1. The molecule has 6 heteroatoms. The number of hydrogen-bond donors (Lipinski definition) is 1. The SMILES string of the molecule is Cc1cccc2c1CCN2C(=O)CCC(=O)N1CC(=O)Nc2ccccc21. The van der Waals surface area contributed by atoms with Crippen LogP contribution in [0, 0.1) is 6.92 Å². The second-order valence-electron chi connectivity index (χ2n) is 6.91. The maximum Gasteiger partial charge on any atom is 0.244 e. The Labute approximate surface area is 157 Å². The minimum Gasteiger partial charge on any atom is -0.323 e. The summed E-state index contributed by atoms with van der Waals surface area (Å²) in [5.74, 6) is -0.492. The molecule has 0 fully saturated rings. The van der Waals surface area contributed by atoms with Crippen molar-refractivity contribution >= 4 is 34.8 Å². The van der Waals surface area contributed by atoms with Crippen molar-refractivity contribution in [3.05, 3.63) is 53.6 Å². The zero-order valence-electron chi connectivity index (χ0n) is 15.2. The van der Waals surface area contributed by atoms with Crippen LogP contribution in [0.2, 0.25) is 0 Å². The van der Waals surface area contributed by atoms with Crippen LogP contribution in [0.1, 0.15) is 24.0 Å². The van der Waals surface area contributed by atoms with Gasteiger partial charge in [-0.25, -0.2) is 0 Å². The van der Waals surface area contributed by atoms with Crippen molar-refractivity contribution in [2.45, 2.75) is 26.2 Å². The van der Waals surface area contributed by atoms with Gasteiger partial charge in [0, 0.05) is 25.1 Å². The second-order valence-corrected chi connectivity index (χ2v) is 6.91. The maximum absolute atomic E-state index is 12.7. The number of nitrogens with zero attached hydrogens (tertiary/aromatic N) is 2. The molecule has 0 aliphatic carbocycles. The zero-order valence-corrected chi connectivity index (χ0v) is 15.2. The van der Waals surface area contributed by atoms with Gasteiger partial charge < -0.3 is 15.1 Å². The number of anilines is 3. The smallest absolute Gasteiger partial charge is 0.244 e. The van der Waals surface area contributed by atoms with Crippen molar-refractivity contribution in [2.75, 3.05) is 28.2 Å². The molecule has 0 aromatic heterocycles. The average Bonchev–Trinajstić information content (AvgIpc) is 3.10. The van der Waals surface area contributed by atoms with E-state index < -0.39 is 0 Å². The van der Waals surface area contributed by atoms with Crippen molar-refractivity contribution in [2.24, 2.45) is 0 Å². The Morgan fingerprint density at radius 2 is 1.67 bits per heavy atom. The van der Waals surface area contributed by atoms with E-state index in [9.17, 15) is 14.4 Å². The number of carbonyl (C=O) groups is 3. The van der Waals surface area contributed by atoms with E-state index in [0.717, 1.165) is 12.1 Å². The number of amides is 3. The minimum absolute atomic E-state index is 0.0181. The first-order valence-corrected chi connectivity index (χ1v) is 9.12. The summed E-state index contributed by atoms with van der Waals surface area (Å²) in [6, 6.07) is 13.2. The summed E-state index contributed by atoms with van der Waals surface area (Å²) in [4.78, 5) is 40.5. The number of benzene rings is 2. The third-order valence-corrected chi connectivity index (χ3v) is 5.19. The van der Waals surface area contributed by atoms with Gasteiger partial charge in [0.2, 0.25) is 17.7 Å². The number of aryl methyl sites for hydroxylation is 1. The summed E-state index contributed by atoms with van der Waals surface area (Å²) in [6.07, 6.45) is 1.06. The third kappa shape index (κ3) is 3.18. The number of hydrogen-bond acceptors (Lipinski definition) is 3. The van der Waals surface area contributed by atoms with Crippen LogP contribution in [-0.2, 0) is 20.8 Å². The second kappa shape index (κ2) is 6.87. The van der Waals surface area contributed by atoms with Crippen LogP contribution in [0.25, 0.3) is 0 Å². The van der Waals surface area contributed by atoms with Crippen molar-refractivity contribution in [3.8, 4) is 0 Å². The Hall–Kier alpha value is -3.15. The highest BCUT2D eigenvalue weighted by molar-refractivity contribution is 6.10. The van der Waals surface area contributed by atoms with E-state index >= 15 is 0 Å². The molecule has 138 valence electrons. The first kappa shape index (κ1) is 17.3. The lowest BCUT2D eigenvalue weighted by Gasteiger charge is -2.29. The molecular formula is C21H21N3O3. The minimum atomic E-state index is -0.225. The van der Waals surface area contributed by atoms with Gasteiger partial charge in [-0.3, -0.25) is 14.4 Å². The van der Waals surface area contributed by atoms with Gasteiger partial charge in [0.15, 0.2) is 0 Å². The predicted octanol–water partition coefficient (Wildman–Crippen LogP) is 2.65. The van der Waals surface area contributed by atoms with Gasteiger partial charge in [0.05, 0.1) is 11.4 Å². The first-order chi connectivity index (χ1) is 13.0. The van der Waals surface area contributed by atoms with Gasteiger partial charge in [-0.15, -0.1) is 0 Å². The Morgan fingerprint density at radius 1 is 0.963 bits per heavy atom. The number of fused-ring (bicyclic) bond motifs is 2. The summed E-state index contributed by atoms with van der Waals surface area (Å²) in [6.45, 7) is 2.69. The standard InChI is InChI=1S/C21H21N3O3/c1-14-5-4-8-17-15(14)11-12-23(17)20(26)9-10-21(27)24-13-19(25)22-16-6-2-3-7-18(16)24/h2-8H,9-13H2,1H3,(H,22,25). The molecule has 27 heavy (non-hydrogen) atoms. The summed E-state index contributed by atoms with van der Waals surface area (Å²) < 4.78 is 0. The van der Waals surface area contributed by atoms with Crippen LogP contribution in [0.15, 0.2) is 42.5 Å². The van der Waals surface area contributed by atoms with Crippen molar-refractivity contribution in [1.82, 2.24) is 0 Å². The molecule has 0 atom stereocenters. The van der Waals surface area contributed by atoms with E-state index in [4.69, 9.17) is 0 Å². The topological polar surface area (TPSA) is 69.7 Å². The highest BCUT2D eigenvalue weighted by Gasteiger charge is 2.29. The Kier molecular flexibility index (Phi) is 4.39. The van der Waals surface area contributed by atoms with Crippen LogP contribution >= 0.6 is 0 Å². The molecule has 4 rings (SSSR count). The number of nitrogens with one attached hydrogen (secondary N) is 1. The summed E-state index contributed by atoms with van der Waals surface area (Å²) in [7, 11) is 0. The van der Waals surface area contributed by atoms with Gasteiger partial charge in [0.1, 0.15) is 6.54 Å². The van der Waals surface area contributed by atoms with Gasteiger partial charge in [0.25, 0.3) is 0 Å². The summed E-state index contributed by atoms with van der Waals surface area (Å²) in [5, 5.41) is 2.76. The number of para-hydroxylation sites is 2. The van der Waals surface area contributed by atoms with Crippen LogP contribution in [0.3, 0.4) is 0 Å². The molecule has 2 aliphatic heterocycles. The molecule has 2 heterocycles. The van der Waals surface area contributed by atoms with Crippen molar-refractivity contribution in [1.29, 1.82) is 0 Å². The summed E-state index contributed by atoms with van der Waals surface area (Å²) in [5.41, 5.74) is 4.65. The first-order valence-electron chi connectivity index (χ1n) is 9.12. The van der Waals surface area contributed by atoms with E-state index in [1.54, 1.807) is 17.0 Å². The van der Waals surface area contributed by atoms with Gasteiger partial charge in [-0.1, -0.05) is 24.3 Å². The molecule has 0 radical (unpaired) electrons. The van der Waals surface area contributed by atoms with E-state index in [-0.39, 0.29) is 37.1 Å². The highest BCUT2D eigenvalue weighted by atomic mass is 16.2. The van der Waals surface area contributed by atoms with Crippen LogP contribution in [0.4, 0.5) is 17.1 Å². The number of rotatable bonds is 3. The molecule has 0 saturated heterocycles. The Morgan fingerprint density at radius 3 is 2.48 bits per heavy atom. The fraction of sp³-hybridized carbons (Fsp3) is 0.286. The molecule has 0 unspecified atom stereocenters. The third-order valence-electron chi connectivity index (χ3n) is 5.19. The van der Waals surface area contributed by atoms with Crippen LogP contribution in [-0.4, -0.2) is 30.8 Å². The van der Waals surface area contributed by atoms with Gasteiger partial charge in [-0.05, 0) is 42.7 Å². The van der Waals surface area contributed by atoms with Gasteiger partial charge >= 0.3 is 0 Å². The Balaban J connectivity index is 1.44. The molecular weight excluding hydrogens is 342 g/mol. The largest absolute Gasteiger partial charge is 0.323 e. The van der Waals surface area contributed by atoms with Crippen LogP contribution in [0.5, 0.6) is 0 Å². The zero-order chi connectivity index (χ0) is 19.0. The molecule has 0 saturated carbocycles. The number of carbonyl (C=O) groups excluding carboxylic acids is 3. The molecule has 2 aliphatic rings. The molecule has 3 amide bonds. The van der Waals surface area contributed by atoms with E-state index in [0.29, 0.717) is 17.9 Å². The van der Waals surface area contributed by atoms with Crippen molar-refractivity contribution in [3.63, 3.8) is 0 Å². The fourth-order valence-electron chi connectivity index (χ4n) is 3.81. The highest BCUT2D eigenvalue weighted by Crippen LogP contribution is 2.32. The molecule has 2 aromatic carbocycles. The molecule has 1 N–H and O–H groups in total. The fourth-order valence-corrected chi connectivity index (χ4v) is 3.81. The molecule has 6 nitrogen and oxygen atoms in total. The Bertz CT molecular complexity index is 938. The quantitative estimate of drug-likeness (QED) is 0.911. The van der Waals surface area contributed by atoms with E-state index in [1.165, 1.54) is 16.0 Å².